The van der Waals surface area contributed by atoms with E-state index in [0.29, 0.717) is 6.04 Å². The Morgan fingerprint density at radius 1 is 1.35 bits per heavy atom. The highest BCUT2D eigenvalue weighted by Crippen LogP contribution is 2.28. The first kappa shape index (κ1) is 12.4. The summed E-state index contributed by atoms with van der Waals surface area (Å²) < 4.78 is 5.42. The van der Waals surface area contributed by atoms with Gasteiger partial charge in [0.1, 0.15) is 5.75 Å². The van der Waals surface area contributed by atoms with Gasteiger partial charge in [0, 0.05) is 24.2 Å². The topological polar surface area (TPSA) is 47.3 Å². The summed E-state index contributed by atoms with van der Waals surface area (Å²) in [5.41, 5.74) is 9.83. The van der Waals surface area contributed by atoms with Crippen LogP contribution in [0, 0.1) is 13.8 Å². The van der Waals surface area contributed by atoms with E-state index < -0.39 is 0 Å². The molecule has 3 nitrogen and oxygen atoms in total. The third-order valence-electron chi connectivity index (χ3n) is 3.45. The highest BCUT2D eigenvalue weighted by molar-refractivity contribution is 5.43. The molecule has 0 heterocycles. The Morgan fingerprint density at radius 2 is 2.00 bits per heavy atom. The van der Waals surface area contributed by atoms with E-state index >= 15 is 0 Å². The maximum absolute atomic E-state index is 6.22. The highest BCUT2D eigenvalue weighted by atomic mass is 16.5. The van der Waals surface area contributed by atoms with Gasteiger partial charge in [0.25, 0.3) is 0 Å². The number of rotatable bonds is 5. The van der Waals surface area contributed by atoms with E-state index in [9.17, 15) is 0 Å². The van der Waals surface area contributed by atoms with E-state index in [1.807, 2.05) is 0 Å². The number of hydrogen-bond donors (Lipinski definition) is 2. The predicted molar refractivity (Wildman–Crippen MR) is 70.4 cm³/mol. The Hall–Kier alpha value is -1.06. The molecule has 3 N–H and O–H groups in total. The Balaban J connectivity index is 2.13. The van der Waals surface area contributed by atoms with Crippen LogP contribution in [0.1, 0.15) is 35.6 Å². The molecule has 1 aliphatic carbocycles. The summed E-state index contributed by atoms with van der Waals surface area (Å²) in [6.45, 7) is 5.03. The molecule has 1 aromatic carbocycles. The van der Waals surface area contributed by atoms with E-state index in [1.54, 1.807) is 7.11 Å². The Morgan fingerprint density at radius 3 is 2.59 bits per heavy atom. The van der Waals surface area contributed by atoms with E-state index in [4.69, 9.17) is 10.5 Å². The van der Waals surface area contributed by atoms with E-state index in [-0.39, 0.29) is 6.04 Å². The molecule has 1 atom stereocenters. The van der Waals surface area contributed by atoms with Crippen LogP contribution in [0.2, 0.25) is 0 Å². The van der Waals surface area contributed by atoms with Crippen molar-refractivity contribution < 1.29 is 4.74 Å². The summed E-state index contributed by atoms with van der Waals surface area (Å²) in [5, 5.41) is 3.46. The largest absolute Gasteiger partial charge is 0.496 e. The second-order valence-electron chi connectivity index (χ2n) is 4.97. The molecule has 0 radical (unpaired) electrons. The monoisotopic (exact) mass is 234 g/mol. The number of benzene rings is 1. The fraction of sp³-hybridized carbons (Fsp3) is 0.571. The molecule has 1 unspecified atom stereocenters. The van der Waals surface area contributed by atoms with Crippen molar-refractivity contribution in [3.8, 4) is 5.75 Å². The van der Waals surface area contributed by atoms with Gasteiger partial charge in [-0.05, 0) is 43.9 Å². The van der Waals surface area contributed by atoms with Crippen molar-refractivity contribution in [2.24, 2.45) is 5.73 Å². The van der Waals surface area contributed by atoms with Crippen molar-refractivity contribution in [1.29, 1.82) is 0 Å². The van der Waals surface area contributed by atoms with Crippen LogP contribution in [0.5, 0.6) is 5.75 Å². The lowest BCUT2D eigenvalue weighted by atomic mass is 10.00. The van der Waals surface area contributed by atoms with Gasteiger partial charge in [-0.15, -0.1) is 0 Å². The smallest absolute Gasteiger partial charge is 0.123 e. The van der Waals surface area contributed by atoms with E-state index in [0.717, 1.165) is 17.9 Å². The maximum atomic E-state index is 6.22. The molecule has 1 fully saturated rings. The number of methoxy groups -OCH3 is 1. The number of ether oxygens (including phenoxy) is 1. The van der Waals surface area contributed by atoms with Gasteiger partial charge in [-0.1, -0.05) is 6.07 Å². The summed E-state index contributed by atoms with van der Waals surface area (Å²) in [5.74, 6) is 0.901. The summed E-state index contributed by atoms with van der Waals surface area (Å²) in [6.07, 6.45) is 2.58. The molecule has 0 saturated heterocycles. The first-order chi connectivity index (χ1) is 8.11. The van der Waals surface area contributed by atoms with E-state index in [2.05, 4.69) is 31.3 Å². The zero-order chi connectivity index (χ0) is 12.4. The Kier molecular flexibility index (Phi) is 3.69. The quantitative estimate of drug-likeness (QED) is 0.820. The van der Waals surface area contributed by atoms with Crippen molar-refractivity contribution >= 4 is 0 Å². The Bertz CT molecular complexity index is 399. The lowest BCUT2D eigenvalue weighted by molar-refractivity contribution is 0.403. The third kappa shape index (κ3) is 2.99. The first-order valence-corrected chi connectivity index (χ1v) is 6.26. The number of aryl methyl sites for hydroxylation is 2. The molecule has 3 heteroatoms. The van der Waals surface area contributed by atoms with Crippen molar-refractivity contribution in [1.82, 2.24) is 5.32 Å². The molecule has 2 rings (SSSR count). The molecular weight excluding hydrogens is 212 g/mol. The van der Waals surface area contributed by atoms with Crippen LogP contribution in [0.4, 0.5) is 0 Å². The van der Waals surface area contributed by atoms with Crippen molar-refractivity contribution in [2.75, 3.05) is 13.7 Å². The zero-order valence-corrected chi connectivity index (χ0v) is 10.9. The van der Waals surface area contributed by atoms with E-state index in [1.165, 1.54) is 24.0 Å². The lowest BCUT2D eigenvalue weighted by Gasteiger charge is -2.18. The molecule has 0 bridgehead atoms. The number of nitrogens with two attached hydrogens (primary N) is 1. The van der Waals surface area contributed by atoms with Crippen molar-refractivity contribution in [3.63, 3.8) is 0 Å². The van der Waals surface area contributed by atoms with Gasteiger partial charge in [0.05, 0.1) is 7.11 Å². The first-order valence-electron chi connectivity index (χ1n) is 6.26. The second-order valence-corrected chi connectivity index (χ2v) is 4.97. The molecule has 17 heavy (non-hydrogen) atoms. The molecule has 0 amide bonds. The fourth-order valence-corrected chi connectivity index (χ4v) is 1.97. The van der Waals surface area contributed by atoms with Crippen molar-refractivity contribution in [3.05, 3.63) is 28.8 Å². The summed E-state index contributed by atoms with van der Waals surface area (Å²) >= 11 is 0. The average Bonchev–Trinajstić information content (AvgIpc) is 3.13. The fourth-order valence-electron chi connectivity index (χ4n) is 1.97. The van der Waals surface area contributed by atoms with Crippen LogP contribution in [-0.4, -0.2) is 19.7 Å². The highest BCUT2D eigenvalue weighted by Gasteiger charge is 2.22. The van der Waals surface area contributed by atoms with Gasteiger partial charge < -0.3 is 15.8 Å². The summed E-state index contributed by atoms with van der Waals surface area (Å²) in [4.78, 5) is 0. The normalized spacial score (nSPS) is 16.9. The zero-order valence-electron chi connectivity index (χ0n) is 10.9. The van der Waals surface area contributed by atoms with Gasteiger partial charge >= 0.3 is 0 Å². The number of hydrogen-bond acceptors (Lipinski definition) is 3. The average molecular weight is 234 g/mol. The SMILES string of the molecule is COc1cc(C)c(C)cc1C(N)CNC1CC1. The predicted octanol–water partition coefficient (Wildman–Crippen LogP) is 2.06. The molecule has 0 spiro atoms. The standard InChI is InChI=1S/C14H22N2O/c1-9-6-12(14(17-3)7-10(9)2)13(15)8-16-11-4-5-11/h6-7,11,13,16H,4-5,8,15H2,1-3H3. The number of nitrogens with one attached hydrogen (secondary N) is 1. The Labute approximate surface area is 103 Å². The van der Waals surface area contributed by atoms with Crippen LogP contribution in [0.15, 0.2) is 12.1 Å². The maximum Gasteiger partial charge on any atom is 0.123 e. The van der Waals surface area contributed by atoms with Crippen molar-refractivity contribution in [2.45, 2.75) is 38.8 Å². The summed E-state index contributed by atoms with van der Waals surface area (Å²) in [6, 6.07) is 4.91. The molecular formula is C14H22N2O. The van der Waals surface area contributed by atoms with Gasteiger partial charge in [0.2, 0.25) is 0 Å². The molecule has 0 aliphatic heterocycles. The molecule has 1 saturated carbocycles. The lowest BCUT2D eigenvalue weighted by Crippen LogP contribution is -2.28. The minimum Gasteiger partial charge on any atom is -0.496 e. The second kappa shape index (κ2) is 5.07. The van der Waals surface area contributed by atoms with Gasteiger partial charge in [-0.2, -0.15) is 0 Å². The van der Waals surface area contributed by atoms with Gasteiger partial charge in [0.15, 0.2) is 0 Å². The van der Waals surface area contributed by atoms with Crippen LogP contribution in [0.25, 0.3) is 0 Å². The van der Waals surface area contributed by atoms with Crippen LogP contribution in [0.3, 0.4) is 0 Å². The summed E-state index contributed by atoms with van der Waals surface area (Å²) in [7, 11) is 1.70. The molecule has 94 valence electrons. The van der Waals surface area contributed by atoms with Crippen LogP contribution < -0.4 is 15.8 Å². The minimum atomic E-state index is 0.00449. The molecule has 1 aromatic rings. The third-order valence-corrected chi connectivity index (χ3v) is 3.45. The van der Waals surface area contributed by atoms with Crippen LogP contribution in [-0.2, 0) is 0 Å². The molecule has 0 aromatic heterocycles. The van der Waals surface area contributed by atoms with Crippen LogP contribution >= 0.6 is 0 Å². The van der Waals surface area contributed by atoms with Gasteiger partial charge in [-0.3, -0.25) is 0 Å². The van der Waals surface area contributed by atoms with Gasteiger partial charge in [-0.25, -0.2) is 0 Å². The minimum absolute atomic E-state index is 0.00449. The molecule has 1 aliphatic rings.